The van der Waals surface area contributed by atoms with Gasteiger partial charge in [0, 0.05) is 23.7 Å². The second-order valence-corrected chi connectivity index (χ2v) is 8.63. The highest BCUT2D eigenvalue weighted by Crippen LogP contribution is 2.62. The number of hydrogen-bond donors (Lipinski definition) is 4. The zero-order chi connectivity index (χ0) is 17.1. The van der Waals surface area contributed by atoms with E-state index in [1.165, 1.54) is 0 Å². The van der Waals surface area contributed by atoms with Gasteiger partial charge in [-0.3, -0.25) is 4.79 Å². The fourth-order valence-corrected chi connectivity index (χ4v) is 6.79. The molecule has 0 unspecified atom stereocenters. The van der Waals surface area contributed by atoms with Crippen LogP contribution < -0.4 is 5.32 Å². The zero-order valence-electron chi connectivity index (χ0n) is 13.4. The minimum Gasteiger partial charge on any atom is -0.384 e. The summed E-state index contributed by atoms with van der Waals surface area (Å²) in [6.07, 6.45) is 6.17. The predicted molar refractivity (Wildman–Crippen MR) is 94.1 cm³/mol. The summed E-state index contributed by atoms with van der Waals surface area (Å²) in [7, 11) is 0. The Morgan fingerprint density at radius 2 is 2.24 bits per heavy atom. The molecular formula is C18H18BrN3O3. The van der Waals surface area contributed by atoms with Crippen molar-refractivity contribution in [1.29, 1.82) is 0 Å². The van der Waals surface area contributed by atoms with E-state index in [2.05, 4.69) is 26.2 Å². The monoisotopic (exact) mass is 403 g/mol. The average Bonchev–Trinajstić information content (AvgIpc) is 3.05. The molecule has 2 bridgehead atoms. The Morgan fingerprint density at radius 1 is 1.40 bits per heavy atom. The molecule has 25 heavy (non-hydrogen) atoms. The van der Waals surface area contributed by atoms with Crippen LogP contribution in [-0.4, -0.2) is 61.7 Å². The van der Waals surface area contributed by atoms with Crippen LogP contribution in [-0.2, 0) is 6.42 Å². The molecule has 7 heteroatoms. The standard InChI is InChI=1S/C18H18BrN3O3/c19-16-17-3-1-9(23)18(16,25)22-6-2-8-7-21-12-10(8)14(22)11(17)13(15(12)24)20-5-4-17/h1,3,7,9,13,16,20-21,23,25H,2,4-6H2/t9-,13+,16+,17-,18-/m1/s1. The van der Waals surface area contributed by atoms with Crippen LogP contribution in [0.3, 0.4) is 0 Å². The number of piperidine rings is 1. The summed E-state index contributed by atoms with van der Waals surface area (Å²) < 4.78 is 0. The quantitative estimate of drug-likeness (QED) is 0.374. The number of aliphatic hydroxyl groups excluding tert-OH is 1. The van der Waals surface area contributed by atoms with Crippen molar-refractivity contribution in [3.8, 4) is 0 Å². The van der Waals surface area contributed by atoms with Crippen molar-refractivity contribution in [3.63, 3.8) is 0 Å². The van der Waals surface area contributed by atoms with Crippen LogP contribution in [0.5, 0.6) is 0 Å². The number of hydrogen-bond acceptors (Lipinski definition) is 5. The molecule has 0 radical (unpaired) electrons. The van der Waals surface area contributed by atoms with Gasteiger partial charge in [0.2, 0.25) is 5.78 Å². The van der Waals surface area contributed by atoms with E-state index in [0.29, 0.717) is 18.8 Å². The second kappa shape index (κ2) is 4.28. The van der Waals surface area contributed by atoms with Crippen molar-refractivity contribution in [2.45, 2.75) is 35.5 Å². The van der Waals surface area contributed by atoms with E-state index in [9.17, 15) is 15.0 Å². The number of fused-ring (bicyclic) bond motifs is 2. The van der Waals surface area contributed by atoms with Gasteiger partial charge in [0.1, 0.15) is 6.10 Å². The lowest BCUT2D eigenvalue weighted by Crippen LogP contribution is -2.73. The first-order valence-corrected chi connectivity index (χ1v) is 9.66. The molecule has 1 spiro atoms. The molecule has 6 nitrogen and oxygen atoms in total. The van der Waals surface area contributed by atoms with Crippen LogP contribution in [0.2, 0.25) is 0 Å². The van der Waals surface area contributed by atoms with E-state index in [-0.39, 0.29) is 16.7 Å². The maximum atomic E-state index is 13.1. The first-order chi connectivity index (χ1) is 12.0. The highest BCUT2D eigenvalue weighted by Gasteiger charge is 2.67. The van der Waals surface area contributed by atoms with Crippen molar-refractivity contribution in [2.24, 2.45) is 5.41 Å². The number of carbonyl (C=O) groups is 1. The minimum absolute atomic E-state index is 0.0746. The average molecular weight is 404 g/mol. The highest BCUT2D eigenvalue weighted by atomic mass is 79.9. The molecule has 130 valence electrons. The van der Waals surface area contributed by atoms with E-state index < -0.39 is 17.2 Å². The number of carbonyl (C=O) groups excluding carboxylic acids is 1. The Labute approximate surface area is 152 Å². The number of rotatable bonds is 0. The number of alkyl halides is 1. The second-order valence-electron chi connectivity index (χ2n) is 7.72. The van der Waals surface area contributed by atoms with Gasteiger partial charge >= 0.3 is 0 Å². The lowest BCUT2D eigenvalue weighted by atomic mass is 9.57. The minimum atomic E-state index is -1.41. The molecule has 0 amide bonds. The van der Waals surface area contributed by atoms with Crippen molar-refractivity contribution in [3.05, 3.63) is 40.7 Å². The number of ketones is 1. The number of aromatic nitrogens is 1. The summed E-state index contributed by atoms with van der Waals surface area (Å²) in [5.74, 6) is 0.0746. The molecule has 0 saturated carbocycles. The number of aliphatic hydroxyl groups is 2. The van der Waals surface area contributed by atoms with Gasteiger partial charge in [-0.05, 0) is 30.5 Å². The van der Waals surface area contributed by atoms with Crippen LogP contribution >= 0.6 is 15.9 Å². The molecule has 1 aromatic rings. The molecule has 3 aliphatic heterocycles. The third-order valence-corrected chi connectivity index (χ3v) is 8.27. The number of halogens is 1. The molecule has 1 saturated heterocycles. The smallest absolute Gasteiger partial charge is 0.200 e. The molecule has 0 aromatic carbocycles. The Morgan fingerprint density at radius 3 is 3.08 bits per heavy atom. The molecule has 6 rings (SSSR count). The summed E-state index contributed by atoms with van der Waals surface area (Å²) in [5, 5.41) is 25.7. The number of H-pyrrole nitrogens is 1. The third kappa shape index (κ3) is 1.37. The Hall–Kier alpha value is -1.41. The molecule has 1 fully saturated rings. The lowest BCUT2D eigenvalue weighted by molar-refractivity contribution is -0.165. The van der Waals surface area contributed by atoms with Gasteiger partial charge in [-0.1, -0.05) is 28.1 Å². The normalized spacial score (nSPS) is 43.4. The van der Waals surface area contributed by atoms with Crippen LogP contribution in [0.15, 0.2) is 23.9 Å². The molecule has 2 aliphatic carbocycles. The van der Waals surface area contributed by atoms with Crippen LogP contribution in [0, 0.1) is 5.41 Å². The third-order valence-electron chi connectivity index (χ3n) is 6.78. The zero-order valence-corrected chi connectivity index (χ0v) is 15.0. The Bertz CT molecular complexity index is 905. The number of nitrogens with one attached hydrogen (secondary N) is 2. The topological polar surface area (TPSA) is 88.6 Å². The number of nitrogens with zero attached hydrogens (tertiary/aromatic N) is 1. The Balaban J connectivity index is 1.77. The van der Waals surface area contributed by atoms with Gasteiger partial charge in [-0.2, -0.15) is 0 Å². The van der Waals surface area contributed by atoms with Gasteiger partial charge in [0.05, 0.1) is 22.3 Å². The lowest BCUT2D eigenvalue weighted by Gasteiger charge is -2.63. The summed E-state index contributed by atoms with van der Waals surface area (Å²) in [6, 6.07) is -0.382. The molecule has 5 aliphatic rings. The van der Waals surface area contributed by atoms with E-state index in [1.807, 2.05) is 17.2 Å². The molecule has 1 aromatic heterocycles. The molecule has 5 atom stereocenters. The maximum absolute atomic E-state index is 13.1. The van der Waals surface area contributed by atoms with Gasteiger partial charge in [0.15, 0.2) is 5.72 Å². The van der Waals surface area contributed by atoms with E-state index in [4.69, 9.17) is 0 Å². The van der Waals surface area contributed by atoms with E-state index >= 15 is 0 Å². The van der Waals surface area contributed by atoms with Gasteiger partial charge in [0.25, 0.3) is 0 Å². The van der Waals surface area contributed by atoms with Crippen LogP contribution in [0.25, 0.3) is 5.70 Å². The summed E-state index contributed by atoms with van der Waals surface area (Å²) in [4.78, 5) is 17.9. The first kappa shape index (κ1) is 14.7. The first-order valence-electron chi connectivity index (χ1n) is 8.74. The fraction of sp³-hybridized carbons (Fsp3) is 0.500. The van der Waals surface area contributed by atoms with Gasteiger partial charge < -0.3 is 25.4 Å². The predicted octanol–water partition coefficient (Wildman–Crippen LogP) is 0.525. The van der Waals surface area contributed by atoms with Crippen molar-refractivity contribution < 1.29 is 15.0 Å². The van der Waals surface area contributed by atoms with E-state index in [0.717, 1.165) is 35.2 Å². The van der Waals surface area contributed by atoms with Gasteiger partial charge in [-0.15, -0.1) is 0 Å². The summed E-state index contributed by atoms with van der Waals surface area (Å²) in [5.41, 5.74) is 2.78. The Kier molecular flexibility index (Phi) is 2.52. The maximum Gasteiger partial charge on any atom is 0.200 e. The molecule has 4 heterocycles. The summed E-state index contributed by atoms with van der Waals surface area (Å²) in [6.45, 7) is 1.30. The number of Topliss-reactive ketones (excluding diaryl/α,β-unsaturated/α-hetero) is 1. The summed E-state index contributed by atoms with van der Waals surface area (Å²) >= 11 is 3.74. The SMILES string of the molecule is O=C1c2[nH]cc3c2C2=C4[C@@H]1NCC[C@]41C=C[C@@H](O)[C@@](O)([C@H]1Br)N2CC3. The number of aromatic amines is 1. The highest BCUT2D eigenvalue weighted by molar-refractivity contribution is 9.09. The number of allylic oxidation sites excluding steroid dienone is 1. The van der Waals surface area contributed by atoms with Gasteiger partial charge in [-0.25, -0.2) is 0 Å². The van der Waals surface area contributed by atoms with Crippen molar-refractivity contribution in [1.82, 2.24) is 15.2 Å². The van der Waals surface area contributed by atoms with Crippen molar-refractivity contribution >= 4 is 27.4 Å². The van der Waals surface area contributed by atoms with Crippen molar-refractivity contribution in [2.75, 3.05) is 13.1 Å². The fourth-order valence-electron chi connectivity index (χ4n) is 5.65. The molecule has 4 N–H and O–H groups in total. The largest absolute Gasteiger partial charge is 0.384 e. The molecular weight excluding hydrogens is 386 g/mol. The van der Waals surface area contributed by atoms with Crippen LogP contribution in [0.1, 0.15) is 28.0 Å². The van der Waals surface area contributed by atoms with E-state index in [1.54, 1.807) is 6.08 Å². The van der Waals surface area contributed by atoms with Crippen LogP contribution in [0.4, 0.5) is 0 Å².